The quantitative estimate of drug-likeness (QED) is 0.246. The molecule has 0 bridgehead atoms. The predicted molar refractivity (Wildman–Crippen MR) is 38.2 cm³/mol. The van der Waals surface area contributed by atoms with Gasteiger partial charge in [0, 0.05) is 0 Å². The minimum absolute atomic E-state index is 0.726. The first-order chi connectivity index (χ1) is 5.54. The Balaban J connectivity index is 3.99. The van der Waals surface area contributed by atoms with Gasteiger partial charge in [-0.1, -0.05) is 0 Å². The molecule has 0 aromatic carbocycles. The molecule has 0 heterocycles. The highest BCUT2D eigenvalue weighted by molar-refractivity contribution is 4.79. The fourth-order valence-corrected chi connectivity index (χ4v) is 0.671. The maximum Gasteiger partial charge on any atom is 0.111 e. The molecule has 0 aliphatic rings. The molecule has 12 heavy (non-hydrogen) atoms. The van der Waals surface area contributed by atoms with Gasteiger partial charge in [0.2, 0.25) is 0 Å². The number of rotatable bonds is 5. The molecule has 0 amide bonds. The van der Waals surface area contributed by atoms with Crippen LogP contribution in [0.4, 0.5) is 0 Å². The van der Waals surface area contributed by atoms with Gasteiger partial charge in [0.25, 0.3) is 0 Å². The van der Waals surface area contributed by atoms with Crippen LogP contribution in [0.15, 0.2) is 0 Å². The molecule has 0 aromatic rings. The van der Waals surface area contributed by atoms with Crippen LogP contribution in [0.3, 0.4) is 0 Å². The van der Waals surface area contributed by atoms with Gasteiger partial charge in [0.1, 0.15) is 24.4 Å². The van der Waals surface area contributed by atoms with E-state index in [-0.39, 0.29) is 0 Å². The Morgan fingerprint density at radius 3 is 1.67 bits per heavy atom. The van der Waals surface area contributed by atoms with Crippen molar-refractivity contribution < 1.29 is 30.6 Å². The Bertz CT molecular complexity index is 105. The summed E-state index contributed by atoms with van der Waals surface area (Å²) in [6.07, 6.45) is -6.39. The van der Waals surface area contributed by atoms with E-state index in [1.54, 1.807) is 0 Å². The first-order valence-electron chi connectivity index (χ1n) is 3.48. The zero-order chi connectivity index (χ0) is 9.72. The Morgan fingerprint density at radius 1 is 0.917 bits per heavy atom. The zero-order valence-corrected chi connectivity index (χ0v) is 6.41. The summed E-state index contributed by atoms with van der Waals surface area (Å²) >= 11 is 0. The Kier molecular flexibility index (Phi) is 5.31. The van der Waals surface area contributed by atoms with E-state index < -0.39 is 37.6 Å². The van der Waals surface area contributed by atoms with Crippen LogP contribution in [-0.4, -0.2) is 68.3 Å². The van der Waals surface area contributed by atoms with Crippen LogP contribution >= 0.6 is 0 Å². The monoisotopic (exact) mass is 184 g/mol. The van der Waals surface area contributed by atoms with E-state index in [2.05, 4.69) is 0 Å². The van der Waals surface area contributed by atoms with E-state index in [0.717, 1.165) is 0 Å². The third-order valence-corrected chi connectivity index (χ3v) is 1.51. The highest BCUT2D eigenvalue weighted by Gasteiger charge is 2.29. The second-order valence-corrected chi connectivity index (χ2v) is 2.48. The van der Waals surface area contributed by atoms with Gasteiger partial charge in [-0.3, -0.25) is 0 Å². The van der Waals surface area contributed by atoms with Gasteiger partial charge in [-0.2, -0.15) is 0 Å². The van der Waals surface area contributed by atoms with Crippen molar-refractivity contribution in [1.82, 2.24) is 0 Å². The Morgan fingerprint density at radius 2 is 1.33 bits per heavy atom. The fraction of sp³-hybridized carbons (Fsp3) is 1.00. The number of hydrogen-bond acceptors (Lipinski definition) is 6. The molecular formula is C6H14O6. The van der Waals surface area contributed by atoms with Gasteiger partial charge in [-0.05, 0) is 0 Å². The van der Waals surface area contributed by atoms with Crippen LogP contribution in [0.5, 0.6) is 0 Å². The third-order valence-electron chi connectivity index (χ3n) is 1.51. The maximum absolute atomic E-state index is 8.96. The topological polar surface area (TPSA) is 121 Å². The van der Waals surface area contributed by atoms with Gasteiger partial charge >= 0.3 is 0 Å². The normalized spacial score (nSPS) is 21.5. The molecule has 6 N–H and O–H groups in total. The van der Waals surface area contributed by atoms with Gasteiger partial charge in [0.15, 0.2) is 0 Å². The lowest BCUT2D eigenvalue weighted by atomic mass is 10.0. The molecule has 0 aliphatic heterocycles. The van der Waals surface area contributed by atoms with Crippen molar-refractivity contribution in [3.05, 3.63) is 0 Å². The second kappa shape index (κ2) is 5.41. The molecule has 0 rings (SSSR count). The van der Waals surface area contributed by atoms with Crippen molar-refractivity contribution in [3.63, 3.8) is 0 Å². The second-order valence-electron chi connectivity index (χ2n) is 2.48. The van der Waals surface area contributed by atoms with Crippen LogP contribution in [-0.2, 0) is 0 Å². The van der Waals surface area contributed by atoms with Gasteiger partial charge in [-0.25, -0.2) is 0 Å². The molecule has 0 saturated heterocycles. The maximum atomic E-state index is 8.96. The Labute approximate surface area is 69.3 Å². The van der Waals surface area contributed by atoms with Crippen molar-refractivity contribution in [2.45, 2.75) is 24.4 Å². The average molecular weight is 184 g/mol. The van der Waals surface area contributed by atoms with Crippen LogP contribution < -0.4 is 0 Å². The summed E-state index contributed by atoms with van der Waals surface area (Å²) in [5, 5.41) is 52.2. The molecule has 0 fully saturated rings. The highest BCUT2D eigenvalue weighted by Crippen LogP contribution is 2.03. The molecule has 4 atom stereocenters. The van der Waals surface area contributed by atoms with E-state index in [1.165, 1.54) is 0 Å². The van der Waals surface area contributed by atoms with Crippen molar-refractivity contribution in [1.29, 1.82) is 0 Å². The van der Waals surface area contributed by atoms with E-state index in [4.69, 9.17) is 30.6 Å². The van der Waals surface area contributed by atoms with Gasteiger partial charge in [-0.15, -0.1) is 0 Å². The van der Waals surface area contributed by atoms with Crippen molar-refractivity contribution >= 4 is 0 Å². The zero-order valence-electron chi connectivity index (χ0n) is 6.41. The SMILES string of the molecule is OC[C@@H](O)[C@@H](O)[C@H](O)[C@H](O)C[18OH]. The molecule has 0 radical (unpaired) electrons. The summed E-state index contributed by atoms with van der Waals surface area (Å²) in [4.78, 5) is 0. The average Bonchev–Trinajstić information content (AvgIpc) is 2.12. The van der Waals surface area contributed by atoms with Gasteiger partial charge in [0.05, 0.1) is 13.2 Å². The lowest BCUT2D eigenvalue weighted by molar-refractivity contribution is -0.123. The summed E-state index contributed by atoms with van der Waals surface area (Å²) in [5.41, 5.74) is 0. The summed E-state index contributed by atoms with van der Waals surface area (Å²) in [6, 6.07) is 0. The first kappa shape index (κ1) is 11.8. The molecule has 74 valence electrons. The van der Waals surface area contributed by atoms with Crippen LogP contribution in [0, 0.1) is 0 Å². The largest absolute Gasteiger partial charge is 0.394 e. The summed E-state index contributed by atoms with van der Waals surface area (Å²) in [5.74, 6) is 0. The lowest BCUT2D eigenvalue weighted by Crippen LogP contribution is -2.46. The summed E-state index contributed by atoms with van der Waals surface area (Å²) < 4.78 is 0. The molecule has 6 heteroatoms. The minimum atomic E-state index is -1.67. The molecule has 0 spiro atoms. The highest BCUT2D eigenvalue weighted by atomic mass is 18.2. The molecule has 0 unspecified atom stereocenters. The van der Waals surface area contributed by atoms with E-state index in [0.29, 0.717) is 0 Å². The standard InChI is InChI=1S/C6H14O6/c7-1-3(9)5(11)6(12)4(10)2-8/h3-12H,1-2H2/t3-,4-,5-,6-/m1/s1/i7+2. The fourth-order valence-electron chi connectivity index (χ4n) is 0.671. The van der Waals surface area contributed by atoms with Crippen molar-refractivity contribution in [2.75, 3.05) is 13.2 Å². The van der Waals surface area contributed by atoms with E-state index in [9.17, 15) is 0 Å². The molecule has 0 aromatic heterocycles. The van der Waals surface area contributed by atoms with Crippen molar-refractivity contribution in [3.8, 4) is 0 Å². The van der Waals surface area contributed by atoms with Crippen LogP contribution in [0.1, 0.15) is 0 Å². The minimum Gasteiger partial charge on any atom is -0.394 e. The molecule has 0 saturated carbocycles. The van der Waals surface area contributed by atoms with Crippen LogP contribution in [0.25, 0.3) is 0 Å². The smallest absolute Gasteiger partial charge is 0.111 e. The molecular weight excluding hydrogens is 170 g/mol. The Hall–Kier alpha value is -0.240. The van der Waals surface area contributed by atoms with E-state index >= 15 is 0 Å². The first-order valence-corrected chi connectivity index (χ1v) is 3.48. The van der Waals surface area contributed by atoms with Gasteiger partial charge < -0.3 is 30.6 Å². The lowest BCUT2D eigenvalue weighted by Gasteiger charge is -2.24. The predicted octanol–water partition coefficient (Wildman–Crippen LogP) is -3.59. The molecule has 0 aliphatic carbocycles. The molecule has 6 nitrogen and oxygen atoms in total. The summed E-state index contributed by atoms with van der Waals surface area (Å²) in [7, 11) is 0. The number of aliphatic hydroxyl groups excluding tert-OH is 6. The number of aliphatic hydroxyl groups is 6. The van der Waals surface area contributed by atoms with Crippen LogP contribution in [0.2, 0.25) is 0 Å². The third kappa shape index (κ3) is 3.02. The van der Waals surface area contributed by atoms with Crippen molar-refractivity contribution in [2.24, 2.45) is 0 Å². The number of hydrogen-bond donors (Lipinski definition) is 6. The summed E-state index contributed by atoms with van der Waals surface area (Å²) in [6.45, 7) is -1.45. The van der Waals surface area contributed by atoms with E-state index in [1.807, 2.05) is 0 Å².